The van der Waals surface area contributed by atoms with Crippen molar-refractivity contribution in [2.24, 2.45) is 0 Å². The summed E-state index contributed by atoms with van der Waals surface area (Å²) in [5.41, 5.74) is 0.704. The summed E-state index contributed by atoms with van der Waals surface area (Å²) in [4.78, 5) is 13.8. The van der Waals surface area contributed by atoms with Gasteiger partial charge in [-0.2, -0.15) is 0 Å². The van der Waals surface area contributed by atoms with Crippen LogP contribution in [0.4, 0.5) is 0 Å². The average Bonchev–Trinajstić information content (AvgIpc) is 2.38. The highest BCUT2D eigenvalue weighted by atomic mass is 16.5. The van der Waals surface area contributed by atoms with Gasteiger partial charge >= 0.3 is 5.97 Å². The number of carbonyl (C=O) groups excluding carboxylic acids is 1. The van der Waals surface area contributed by atoms with E-state index in [0.717, 1.165) is 32.2 Å². The number of piperidine rings is 1. The van der Waals surface area contributed by atoms with Crippen molar-refractivity contribution >= 4 is 5.97 Å². The van der Waals surface area contributed by atoms with Crippen LogP contribution in [-0.4, -0.2) is 48.8 Å². The predicted molar refractivity (Wildman–Crippen MR) is 66.7 cm³/mol. The highest BCUT2D eigenvalue weighted by Crippen LogP contribution is 2.18. The van der Waals surface area contributed by atoms with Gasteiger partial charge < -0.3 is 9.84 Å². The molecule has 0 saturated carbocycles. The smallest absolute Gasteiger partial charge is 0.334 e. The third kappa shape index (κ3) is 4.13. The van der Waals surface area contributed by atoms with Crippen molar-refractivity contribution in [3.8, 4) is 0 Å². The molecule has 1 aliphatic heterocycles. The van der Waals surface area contributed by atoms with Gasteiger partial charge in [-0.1, -0.05) is 19.4 Å². The summed E-state index contributed by atoms with van der Waals surface area (Å²) in [6.45, 7) is 3.71. The first-order valence-corrected chi connectivity index (χ1v) is 6.35. The van der Waals surface area contributed by atoms with Gasteiger partial charge in [-0.05, 0) is 25.8 Å². The number of aliphatic hydroxyl groups is 1. The number of methoxy groups -OCH3 is 1. The summed E-state index contributed by atoms with van der Waals surface area (Å²) in [5, 5.41) is 9.32. The van der Waals surface area contributed by atoms with Crippen molar-refractivity contribution in [2.75, 3.05) is 26.8 Å². The fraction of sp³-hybridized carbons (Fsp3) is 0.769. The van der Waals surface area contributed by atoms with E-state index < -0.39 is 0 Å². The van der Waals surface area contributed by atoms with Gasteiger partial charge in [-0.15, -0.1) is 0 Å². The number of aliphatic hydroxyl groups excluding tert-OH is 1. The maximum atomic E-state index is 11.6. The number of likely N-dealkylation sites (tertiary alicyclic amines) is 1. The third-order valence-corrected chi connectivity index (χ3v) is 3.23. The largest absolute Gasteiger partial charge is 0.466 e. The first kappa shape index (κ1) is 14.2. The third-order valence-electron chi connectivity index (χ3n) is 3.23. The van der Waals surface area contributed by atoms with Crippen LogP contribution in [0.1, 0.15) is 32.6 Å². The van der Waals surface area contributed by atoms with Crippen molar-refractivity contribution in [1.82, 2.24) is 4.90 Å². The van der Waals surface area contributed by atoms with Crippen LogP contribution in [0.5, 0.6) is 0 Å². The van der Waals surface area contributed by atoms with Gasteiger partial charge in [0.2, 0.25) is 0 Å². The summed E-state index contributed by atoms with van der Waals surface area (Å²) in [6.07, 6.45) is 6.04. The lowest BCUT2D eigenvalue weighted by atomic mass is 10.0. The molecule has 0 bridgehead atoms. The molecule has 1 unspecified atom stereocenters. The lowest BCUT2D eigenvalue weighted by molar-refractivity contribution is -0.136. The van der Waals surface area contributed by atoms with E-state index in [1.165, 1.54) is 7.11 Å². The van der Waals surface area contributed by atoms with E-state index in [4.69, 9.17) is 4.74 Å². The molecule has 0 aromatic carbocycles. The van der Waals surface area contributed by atoms with E-state index in [9.17, 15) is 9.90 Å². The van der Waals surface area contributed by atoms with E-state index in [1.54, 1.807) is 0 Å². The zero-order valence-electron chi connectivity index (χ0n) is 10.8. The summed E-state index contributed by atoms with van der Waals surface area (Å²) in [6, 6.07) is 0.189. The normalized spacial score (nSPS) is 22.5. The molecule has 98 valence electrons. The molecular formula is C13H23NO3. The van der Waals surface area contributed by atoms with E-state index >= 15 is 0 Å². The van der Waals surface area contributed by atoms with Crippen molar-refractivity contribution < 1.29 is 14.6 Å². The van der Waals surface area contributed by atoms with Crippen molar-refractivity contribution in [3.63, 3.8) is 0 Å². The molecule has 1 N–H and O–H groups in total. The van der Waals surface area contributed by atoms with Gasteiger partial charge in [0.25, 0.3) is 0 Å². The van der Waals surface area contributed by atoms with Crippen molar-refractivity contribution in [3.05, 3.63) is 11.6 Å². The minimum absolute atomic E-state index is 0.167. The molecule has 0 radical (unpaired) electrons. The van der Waals surface area contributed by atoms with Gasteiger partial charge in [0.15, 0.2) is 0 Å². The molecule has 1 aliphatic rings. The number of allylic oxidation sites excluding steroid dienone is 1. The fourth-order valence-electron chi connectivity index (χ4n) is 2.28. The second-order valence-electron chi connectivity index (χ2n) is 4.43. The van der Waals surface area contributed by atoms with Gasteiger partial charge in [0.1, 0.15) is 0 Å². The van der Waals surface area contributed by atoms with Crippen molar-refractivity contribution in [1.29, 1.82) is 0 Å². The number of nitrogens with zero attached hydrogens (tertiary/aromatic N) is 1. The number of esters is 1. The quantitative estimate of drug-likeness (QED) is 0.583. The van der Waals surface area contributed by atoms with Gasteiger partial charge in [0.05, 0.1) is 13.7 Å². The van der Waals surface area contributed by atoms with Crippen LogP contribution in [0.3, 0.4) is 0 Å². The Balaban J connectivity index is 2.64. The van der Waals surface area contributed by atoms with E-state index in [2.05, 4.69) is 4.90 Å². The maximum absolute atomic E-state index is 11.6. The first-order valence-electron chi connectivity index (χ1n) is 6.35. The zero-order chi connectivity index (χ0) is 12.7. The van der Waals surface area contributed by atoms with Crippen LogP contribution < -0.4 is 0 Å². The van der Waals surface area contributed by atoms with E-state index in [-0.39, 0.29) is 18.6 Å². The number of rotatable bonds is 5. The van der Waals surface area contributed by atoms with Gasteiger partial charge in [-0.25, -0.2) is 4.79 Å². The van der Waals surface area contributed by atoms with Crippen LogP contribution in [0, 0.1) is 0 Å². The number of carbonyl (C=O) groups is 1. The number of ether oxygens (including phenoxy) is 1. The van der Waals surface area contributed by atoms with Gasteiger partial charge in [-0.3, -0.25) is 4.90 Å². The number of hydrogen-bond acceptors (Lipinski definition) is 4. The summed E-state index contributed by atoms with van der Waals surface area (Å²) < 4.78 is 4.78. The zero-order valence-corrected chi connectivity index (χ0v) is 10.8. The molecule has 0 aliphatic carbocycles. The molecule has 1 fully saturated rings. The van der Waals surface area contributed by atoms with Crippen molar-refractivity contribution in [2.45, 2.75) is 38.6 Å². The Labute approximate surface area is 103 Å². The first-order chi connectivity index (χ1) is 8.22. The molecule has 0 aromatic rings. The Kier molecular flexibility index (Phi) is 6.22. The summed E-state index contributed by atoms with van der Waals surface area (Å²) >= 11 is 0. The Bertz CT molecular complexity index is 276. The van der Waals surface area contributed by atoms with E-state index in [0.29, 0.717) is 12.1 Å². The fourth-order valence-corrected chi connectivity index (χ4v) is 2.28. The Hall–Kier alpha value is -0.870. The summed E-state index contributed by atoms with van der Waals surface area (Å²) in [5.74, 6) is -0.255. The second-order valence-corrected chi connectivity index (χ2v) is 4.43. The van der Waals surface area contributed by atoms with Crippen LogP contribution in [0.25, 0.3) is 0 Å². The van der Waals surface area contributed by atoms with Gasteiger partial charge in [0, 0.05) is 18.2 Å². The molecule has 1 rings (SSSR count). The highest BCUT2D eigenvalue weighted by molar-refractivity contribution is 5.88. The van der Waals surface area contributed by atoms with Crippen LogP contribution in [0.15, 0.2) is 11.6 Å². The molecule has 0 amide bonds. The average molecular weight is 241 g/mol. The Morgan fingerprint density at radius 1 is 1.53 bits per heavy atom. The molecule has 4 nitrogen and oxygen atoms in total. The molecule has 1 saturated heterocycles. The monoisotopic (exact) mass is 241 g/mol. The minimum Gasteiger partial charge on any atom is -0.466 e. The molecule has 0 aromatic heterocycles. The highest BCUT2D eigenvalue weighted by Gasteiger charge is 2.24. The minimum atomic E-state index is -0.255. The molecule has 0 spiro atoms. The molecule has 4 heteroatoms. The predicted octanol–water partition coefficient (Wildman–Crippen LogP) is 1.34. The topological polar surface area (TPSA) is 49.8 Å². The Morgan fingerprint density at radius 2 is 2.29 bits per heavy atom. The SMILES string of the molecule is CC/C=C(\CN1CCCCC1CO)C(=O)OC. The molecular weight excluding hydrogens is 218 g/mol. The maximum Gasteiger partial charge on any atom is 0.334 e. The Morgan fingerprint density at radius 3 is 2.88 bits per heavy atom. The number of hydrogen-bond donors (Lipinski definition) is 1. The van der Waals surface area contributed by atoms with Crippen LogP contribution in [-0.2, 0) is 9.53 Å². The standard InChI is InChI=1S/C13H23NO3/c1-3-6-11(13(16)17-2)9-14-8-5-4-7-12(14)10-15/h6,12,15H,3-5,7-10H2,1-2H3/b11-6+. The molecule has 1 atom stereocenters. The molecule has 17 heavy (non-hydrogen) atoms. The second kappa shape index (κ2) is 7.45. The van der Waals surface area contributed by atoms with Crippen LogP contribution in [0.2, 0.25) is 0 Å². The van der Waals surface area contributed by atoms with Crippen LogP contribution >= 0.6 is 0 Å². The lowest BCUT2D eigenvalue weighted by Gasteiger charge is -2.34. The summed E-state index contributed by atoms with van der Waals surface area (Å²) in [7, 11) is 1.41. The van der Waals surface area contributed by atoms with E-state index in [1.807, 2.05) is 13.0 Å². The molecule has 1 heterocycles. The lowest BCUT2D eigenvalue weighted by Crippen LogP contribution is -2.43.